The minimum Gasteiger partial charge on any atom is -0.379 e. The van der Waals surface area contributed by atoms with E-state index in [-0.39, 0.29) is 5.69 Å². The molecule has 0 bridgehead atoms. The molecule has 1 N–H and O–H groups in total. The molecule has 2 rings (SSSR count). The van der Waals surface area contributed by atoms with Crippen LogP contribution in [0.15, 0.2) is 35.2 Å². The fraction of sp³-hybridized carbons (Fsp3) is 0.308. The Morgan fingerprint density at radius 2 is 2.25 bits per heavy atom. The number of hydrogen-bond acceptors (Lipinski definition) is 4. The zero-order chi connectivity index (χ0) is 14.7. The van der Waals surface area contributed by atoms with Crippen molar-refractivity contribution in [1.29, 1.82) is 0 Å². The van der Waals surface area contributed by atoms with Crippen molar-refractivity contribution in [3.63, 3.8) is 0 Å². The number of anilines is 1. The summed E-state index contributed by atoms with van der Waals surface area (Å²) in [5, 5.41) is 14.1. The number of rotatable bonds is 5. The van der Waals surface area contributed by atoms with Gasteiger partial charge in [0.1, 0.15) is 0 Å². The number of nitrogens with zero attached hydrogens (tertiary/aromatic N) is 3. The van der Waals surface area contributed by atoms with Crippen LogP contribution in [0.4, 0.5) is 11.4 Å². The van der Waals surface area contributed by atoms with Gasteiger partial charge in [-0.15, -0.1) is 0 Å². The first-order valence-corrected chi connectivity index (χ1v) is 6.97. The second-order valence-electron chi connectivity index (χ2n) is 4.66. The summed E-state index contributed by atoms with van der Waals surface area (Å²) >= 11 is 3.17. The maximum atomic E-state index is 10.9. The predicted molar refractivity (Wildman–Crippen MR) is 80.7 cm³/mol. The zero-order valence-corrected chi connectivity index (χ0v) is 12.8. The lowest BCUT2D eigenvalue weighted by Crippen LogP contribution is -2.08. The Balaban J connectivity index is 2.13. The molecule has 1 aromatic heterocycles. The lowest BCUT2D eigenvalue weighted by atomic mass is 10.2. The molecule has 0 atom stereocenters. The molecule has 0 aliphatic rings. The molecule has 6 nitrogen and oxygen atoms in total. The highest BCUT2D eigenvalue weighted by molar-refractivity contribution is 9.10. The van der Waals surface area contributed by atoms with Crippen LogP contribution in [0.1, 0.15) is 25.6 Å². The summed E-state index contributed by atoms with van der Waals surface area (Å²) < 4.78 is 2.53. The topological polar surface area (TPSA) is 73.0 Å². The molecule has 0 amide bonds. The maximum Gasteiger partial charge on any atom is 0.285 e. The molecule has 106 valence electrons. The van der Waals surface area contributed by atoms with E-state index in [1.54, 1.807) is 24.7 Å². The minimum absolute atomic E-state index is 0.0485. The quantitative estimate of drug-likeness (QED) is 0.665. The van der Waals surface area contributed by atoms with Gasteiger partial charge < -0.3 is 9.88 Å². The number of nitro benzene ring substituents is 1. The van der Waals surface area contributed by atoms with Gasteiger partial charge in [0.2, 0.25) is 0 Å². The molecular formula is C13H15BrN4O2. The number of halogens is 1. The Labute approximate surface area is 125 Å². The van der Waals surface area contributed by atoms with Crippen molar-refractivity contribution in [2.45, 2.75) is 26.4 Å². The number of nitrogens with one attached hydrogen (secondary N) is 1. The molecule has 0 saturated carbocycles. The second kappa shape index (κ2) is 6.04. The molecule has 0 spiro atoms. The van der Waals surface area contributed by atoms with Crippen LogP contribution in [-0.4, -0.2) is 14.5 Å². The smallest absolute Gasteiger partial charge is 0.285 e. The van der Waals surface area contributed by atoms with Crippen molar-refractivity contribution in [2.24, 2.45) is 0 Å². The molecule has 2 aromatic rings. The third-order valence-electron chi connectivity index (χ3n) is 2.92. The normalized spacial score (nSPS) is 10.8. The van der Waals surface area contributed by atoms with Gasteiger partial charge in [-0.2, -0.15) is 0 Å². The van der Waals surface area contributed by atoms with E-state index in [1.165, 1.54) is 6.07 Å². The van der Waals surface area contributed by atoms with E-state index >= 15 is 0 Å². The fourth-order valence-electron chi connectivity index (χ4n) is 1.89. The van der Waals surface area contributed by atoms with Crippen molar-refractivity contribution in [3.8, 4) is 0 Å². The SMILES string of the molecule is CC(C)n1cncc1CNc1ccc(Br)c([N+](=O)[O-])c1. The molecule has 0 radical (unpaired) electrons. The number of aromatic nitrogens is 2. The molecule has 0 fully saturated rings. The standard InChI is InChI=1S/C13H15BrN4O2/c1-9(2)17-8-15-6-11(17)7-16-10-3-4-12(14)13(5-10)18(19)20/h3-6,8-9,16H,7H2,1-2H3. The average Bonchev–Trinajstić information content (AvgIpc) is 2.86. The van der Waals surface area contributed by atoms with Crippen LogP contribution in [0.25, 0.3) is 0 Å². The first kappa shape index (κ1) is 14.5. The number of nitro groups is 1. The summed E-state index contributed by atoms with van der Waals surface area (Å²) in [5.74, 6) is 0. The highest BCUT2D eigenvalue weighted by Crippen LogP contribution is 2.28. The second-order valence-corrected chi connectivity index (χ2v) is 5.52. The van der Waals surface area contributed by atoms with Crippen molar-refractivity contribution >= 4 is 27.3 Å². The molecule has 20 heavy (non-hydrogen) atoms. The third-order valence-corrected chi connectivity index (χ3v) is 3.59. The van der Waals surface area contributed by atoms with Crippen LogP contribution >= 0.6 is 15.9 Å². The van der Waals surface area contributed by atoms with Crippen LogP contribution in [0.2, 0.25) is 0 Å². The van der Waals surface area contributed by atoms with Gasteiger partial charge in [-0.3, -0.25) is 10.1 Å². The Morgan fingerprint density at radius 1 is 1.50 bits per heavy atom. The number of benzene rings is 1. The Kier molecular flexibility index (Phi) is 4.39. The Bertz CT molecular complexity index is 625. The van der Waals surface area contributed by atoms with Gasteiger partial charge in [0.05, 0.1) is 28.0 Å². The van der Waals surface area contributed by atoms with Crippen LogP contribution in [-0.2, 0) is 6.54 Å². The van der Waals surface area contributed by atoms with Crippen molar-refractivity contribution in [3.05, 3.63) is 51.0 Å². The predicted octanol–water partition coefficient (Wildman–Crippen LogP) is 3.75. The van der Waals surface area contributed by atoms with Crippen LogP contribution in [0.3, 0.4) is 0 Å². The Morgan fingerprint density at radius 3 is 2.90 bits per heavy atom. The average molecular weight is 339 g/mol. The summed E-state index contributed by atoms with van der Waals surface area (Å²) in [6.45, 7) is 4.72. The first-order chi connectivity index (χ1) is 9.49. The van der Waals surface area contributed by atoms with Gasteiger partial charge in [0, 0.05) is 24.0 Å². The van der Waals surface area contributed by atoms with Crippen LogP contribution in [0, 0.1) is 10.1 Å². The van der Waals surface area contributed by atoms with E-state index < -0.39 is 4.92 Å². The van der Waals surface area contributed by atoms with E-state index in [4.69, 9.17) is 0 Å². The van der Waals surface area contributed by atoms with E-state index in [1.807, 2.05) is 0 Å². The summed E-state index contributed by atoms with van der Waals surface area (Å²) in [4.78, 5) is 14.6. The van der Waals surface area contributed by atoms with Gasteiger partial charge in [0.15, 0.2) is 0 Å². The lowest BCUT2D eigenvalue weighted by Gasteiger charge is -2.13. The molecule has 0 unspecified atom stereocenters. The largest absolute Gasteiger partial charge is 0.379 e. The van der Waals surface area contributed by atoms with E-state index in [2.05, 4.69) is 44.6 Å². The molecule has 7 heteroatoms. The van der Waals surface area contributed by atoms with Crippen molar-refractivity contribution in [2.75, 3.05) is 5.32 Å². The molecule has 1 aromatic carbocycles. The minimum atomic E-state index is -0.409. The third kappa shape index (κ3) is 3.16. The summed E-state index contributed by atoms with van der Waals surface area (Å²) in [5.41, 5.74) is 1.79. The summed E-state index contributed by atoms with van der Waals surface area (Å²) in [6.07, 6.45) is 3.58. The number of imidazole rings is 1. The monoisotopic (exact) mass is 338 g/mol. The van der Waals surface area contributed by atoms with E-state index in [0.29, 0.717) is 22.7 Å². The lowest BCUT2D eigenvalue weighted by molar-refractivity contribution is -0.385. The summed E-state index contributed by atoms with van der Waals surface area (Å²) in [6, 6.07) is 5.31. The van der Waals surface area contributed by atoms with Gasteiger partial charge in [-0.25, -0.2) is 4.98 Å². The molecule has 0 saturated heterocycles. The molecule has 1 heterocycles. The van der Waals surface area contributed by atoms with Gasteiger partial charge >= 0.3 is 0 Å². The zero-order valence-electron chi connectivity index (χ0n) is 11.2. The Hall–Kier alpha value is -1.89. The van der Waals surface area contributed by atoms with Gasteiger partial charge in [-0.1, -0.05) is 0 Å². The summed E-state index contributed by atoms with van der Waals surface area (Å²) in [7, 11) is 0. The van der Waals surface area contributed by atoms with Crippen molar-refractivity contribution < 1.29 is 4.92 Å². The molecular weight excluding hydrogens is 324 g/mol. The van der Waals surface area contributed by atoms with Gasteiger partial charge in [-0.05, 0) is 41.9 Å². The van der Waals surface area contributed by atoms with Gasteiger partial charge in [0.25, 0.3) is 5.69 Å². The maximum absolute atomic E-state index is 10.9. The van der Waals surface area contributed by atoms with Crippen LogP contribution in [0.5, 0.6) is 0 Å². The molecule has 0 aliphatic carbocycles. The van der Waals surface area contributed by atoms with E-state index in [0.717, 1.165) is 5.69 Å². The molecule has 0 aliphatic heterocycles. The fourth-order valence-corrected chi connectivity index (χ4v) is 2.28. The highest BCUT2D eigenvalue weighted by atomic mass is 79.9. The van der Waals surface area contributed by atoms with Crippen molar-refractivity contribution in [1.82, 2.24) is 9.55 Å². The number of hydrogen-bond donors (Lipinski definition) is 1. The van der Waals surface area contributed by atoms with Crippen LogP contribution < -0.4 is 5.32 Å². The highest BCUT2D eigenvalue weighted by Gasteiger charge is 2.12. The van der Waals surface area contributed by atoms with E-state index in [9.17, 15) is 10.1 Å². The first-order valence-electron chi connectivity index (χ1n) is 6.17.